The van der Waals surface area contributed by atoms with Gasteiger partial charge in [0.1, 0.15) is 5.82 Å². The van der Waals surface area contributed by atoms with E-state index in [4.69, 9.17) is 11.6 Å². The molecule has 1 fully saturated rings. The fourth-order valence-electron chi connectivity index (χ4n) is 2.41. The van der Waals surface area contributed by atoms with Crippen LogP contribution in [0.3, 0.4) is 0 Å². The quantitative estimate of drug-likeness (QED) is 0.661. The summed E-state index contributed by atoms with van der Waals surface area (Å²) in [4.78, 5) is 11.8. The van der Waals surface area contributed by atoms with Crippen molar-refractivity contribution in [1.82, 2.24) is 5.32 Å². The standard InChI is InChI=1S/C14H14ClF4NO/c15-10-3-1-8(5-10)7-20-13(21)11-6-9(14(17,18)19)2-4-12(11)16/h2,4,6,8,10H,1,3,5,7H2,(H,20,21). The van der Waals surface area contributed by atoms with E-state index in [1.165, 1.54) is 0 Å². The summed E-state index contributed by atoms with van der Waals surface area (Å²) >= 11 is 5.94. The van der Waals surface area contributed by atoms with E-state index in [0.29, 0.717) is 18.2 Å². The third kappa shape index (κ3) is 4.09. The molecular formula is C14H14ClF4NO. The minimum absolute atomic E-state index is 0.0668. The fraction of sp³-hybridized carbons (Fsp3) is 0.500. The molecule has 0 saturated heterocycles. The number of hydrogen-bond acceptors (Lipinski definition) is 1. The minimum atomic E-state index is -4.61. The van der Waals surface area contributed by atoms with Crippen LogP contribution in [0, 0.1) is 11.7 Å². The predicted molar refractivity (Wildman–Crippen MR) is 70.7 cm³/mol. The molecule has 0 aromatic heterocycles. The van der Waals surface area contributed by atoms with Gasteiger partial charge in [-0.25, -0.2) is 4.39 Å². The highest BCUT2D eigenvalue weighted by Crippen LogP contribution is 2.31. The maximum absolute atomic E-state index is 13.5. The second-order valence-electron chi connectivity index (χ2n) is 5.18. The van der Waals surface area contributed by atoms with Crippen LogP contribution in [0.1, 0.15) is 35.2 Å². The Balaban J connectivity index is 2.04. The van der Waals surface area contributed by atoms with Crippen molar-refractivity contribution in [3.63, 3.8) is 0 Å². The molecule has 1 aliphatic rings. The summed E-state index contributed by atoms with van der Waals surface area (Å²) in [5.41, 5.74) is -1.64. The molecule has 0 heterocycles. The highest BCUT2D eigenvalue weighted by Gasteiger charge is 2.32. The van der Waals surface area contributed by atoms with Gasteiger partial charge in [-0.1, -0.05) is 0 Å². The van der Waals surface area contributed by atoms with Crippen LogP contribution in [-0.4, -0.2) is 17.8 Å². The van der Waals surface area contributed by atoms with Gasteiger partial charge in [0.25, 0.3) is 5.91 Å². The molecule has 1 aliphatic carbocycles. The van der Waals surface area contributed by atoms with Crippen LogP contribution in [0.15, 0.2) is 18.2 Å². The SMILES string of the molecule is O=C(NCC1CCC(Cl)C1)c1cc(C(F)(F)F)ccc1F. The van der Waals surface area contributed by atoms with Crippen LogP contribution in [0.2, 0.25) is 0 Å². The molecule has 1 amide bonds. The van der Waals surface area contributed by atoms with E-state index in [1.807, 2.05) is 0 Å². The van der Waals surface area contributed by atoms with Crippen molar-refractivity contribution in [2.75, 3.05) is 6.54 Å². The first-order valence-corrected chi connectivity index (χ1v) is 7.00. The lowest BCUT2D eigenvalue weighted by Gasteiger charge is -2.13. The number of halogens is 5. The lowest BCUT2D eigenvalue weighted by atomic mass is 10.1. The zero-order valence-electron chi connectivity index (χ0n) is 11.0. The Labute approximate surface area is 124 Å². The molecule has 0 radical (unpaired) electrons. The van der Waals surface area contributed by atoms with E-state index in [-0.39, 0.29) is 17.8 Å². The van der Waals surface area contributed by atoms with E-state index in [0.717, 1.165) is 19.3 Å². The number of hydrogen-bond donors (Lipinski definition) is 1. The van der Waals surface area contributed by atoms with Crippen molar-refractivity contribution >= 4 is 17.5 Å². The van der Waals surface area contributed by atoms with Crippen molar-refractivity contribution in [1.29, 1.82) is 0 Å². The van der Waals surface area contributed by atoms with Crippen LogP contribution in [0.25, 0.3) is 0 Å². The van der Waals surface area contributed by atoms with Gasteiger partial charge in [-0.2, -0.15) is 13.2 Å². The summed E-state index contributed by atoms with van der Waals surface area (Å²) in [7, 11) is 0. The van der Waals surface area contributed by atoms with E-state index in [9.17, 15) is 22.4 Å². The molecule has 0 spiro atoms. The summed E-state index contributed by atoms with van der Waals surface area (Å²) in [6.45, 7) is 0.289. The molecule has 1 saturated carbocycles. The van der Waals surface area contributed by atoms with Crippen molar-refractivity contribution in [3.05, 3.63) is 35.1 Å². The maximum Gasteiger partial charge on any atom is 0.416 e. The first-order chi connectivity index (χ1) is 9.77. The van der Waals surface area contributed by atoms with Crippen molar-refractivity contribution in [2.45, 2.75) is 30.8 Å². The first-order valence-electron chi connectivity index (χ1n) is 6.56. The smallest absolute Gasteiger partial charge is 0.352 e. The molecule has 1 aromatic carbocycles. The lowest BCUT2D eigenvalue weighted by Crippen LogP contribution is -2.29. The Bertz CT molecular complexity index is 532. The average molecular weight is 324 g/mol. The van der Waals surface area contributed by atoms with Crippen molar-refractivity contribution < 1.29 is 22.4 Å². The van der Waals surface area contributed by atoms with E-state index in [1.54, 1.807) is 0 Å². The third-order valence-electron chi connectivity index (χ3n) is 3.57. The summed E-state index contributed by atoms with van der Waals surface area (Å²) < 4.78 is 51.2. The molecule has 7 heteroatoms. The predicted octanol–water partition coefficient (Wildman–Crippen LogP) is 3.98. The van der Waals surface area contributed by atoms with Gasteiger partial charge in [0, 0.05) is 11.9 Å². The van der Waals surface area contributed by atoms with Gasteiger partial charge in [0.15, 0.2) is 0 Å². The third-order valence-corrected chi connectivity index (χ3v) is 3.96. The summed E-state index contributed by atoms with van der Waals surface area (Å²) in [5.74, 6) is -1.62. The average Bonchev–Trinajstić information content (AvgIpc) is 2.81. The van der Waals surface area contributed by atoms with Gasteiger partial charge in [0.2, 0.25) is 0 Å². The van der Waals surface area contributed by atoms with Gasteiger partial charge in [-0.15, -0.1) is 11.6 Å². The highest BCUT2D eigenvalue weighted by molar-refractivity contribution is 6.20. The normalized spacial score (nSPS) is 22.3. The second kappa shape index (κ2) is 6.22. The number of carbonyl (C=O) groups excluding carboxylic acids is 1. The first kappa shape index (κ1) is 16.1. The number of rotatable bonds is 3. The summed E-state index contributed by atoms with van der Waals surface area (Å²) in [6, 6.07) is 1.80. The molecule has 2 atom stereocenters. The molecule has 116 valence electrons. The Morgan fingerprint density at radius 3 is 2.62 bits per heavy atom. The number of nitrogens with one attached hydrogen (secondary N) is 1. The zero-order chi connectivity index (χ0) is 15.6. The number of alkyl halides is 4. The number of carbonyl (C=O) groups is 1. The van der Waals surface area contributed by atoms with E-state index < -0.39 is 29.0 Å². The van der Waals surface area contributed by atoms with Crippen LogP contribution in [0.5, 0.6) is 0 Å². The lowest BCUT2D eigenvalue weighted by molar-refractivity contribution is -0.137. The van der Waals surface area contributed by atoms with Gasteiger partial charge in [0.05, 0.1) is 11.1 Å². The number of benzene rings is 1. The maximum atomic E-state index is 13.5. The molecular weight excluding hydrogens is 310 g/mol. The van der Waals surface area contributed by atoms with Gasteiger partial charge < -0.3 is 5.32 Å². The minimum Gasteiger partial charge on any atom is -0.352 e. The molecule has 1 aromatic rings. The molecule has 0 bridgehead atoms. The van der Waals surface area contributed by atoms with Crippen molar-refractivity contribution in [2.24, 2.45) is 5.92 Å². The Hall–Kier alpha value is -1.30. The summed E-state index contributed by atoms with van der Waals surface area (Å²) in [5, 5.41) is 2.54. The Kier molecular flexibility index (Phi) is 4.76. The van der Waals surface area contributed by atoms with Gasteiger partial charge >= 0.3 is 6.18 Å². The summed E-state index contributed by atoms with van der Waals surface area (Å²) in [6.07, 6.45) is -2.17. The van der Waals surface area contributed by atoms with Crippen LogP contribution in [-0.2, 0) is 6.18 Å². The second-order valence-corrected chi connectivity index (χ2v) is 5.80. The molecule has 21 heavy (non-hydrogen) atoms. The van der Waals surface area contributed by atoms with Crippen LogP contribution >= 0.6 is 11.6 Å². The molecule has 0 aliphatic heterocycles. The molecule has 2 rings (SSSR count). The van der Waals surface area contributed by atoms with Gasteiger partial charge in [-0.05, 0) is 43.4 Å². The largest absolute Gasteiger partial charge is 0.416 e. The van der Waals surface area contributed by atoms with Crippen LogP contribution in [0.4, 0.5) is 17.6 Å². The Morgan fingerprint density at radius 1 is 1.33 bits per heavy atom. The molecule has 2 unspecified atom stereocenters. The van der Waals surface area contributed by atoms with Crippen LogP contribution < -0.4 is 5.32 Å². The van der Waals surface area contributed by atoms with E-state index >= 15 is 0 Å². The molecule has 1 N–H and O–H groups in total. The van der Waals surface area contributed by atoms with E-state index in [2.05, 4.69) is 5.32 Å². The highest BCUT2D eigenvalue weighted by atomic mass is 35.5. The number of amides is 1. The Morgan fingerprint density at radius 2 is 2.05 bits per heavy atom. The topological polar surface area (TPSA) is 29.1 Å². The van der Waals surface area contributed by atoms with Crippen molar-refractivity contribution in [3.8, 4) is 0 Å². The van der Waals surface area contributed by atoms with Gasteiger partial charge in [-0.3, -0.25) is 4.79 Å². The molecule has 2 nitrogen and oxygen atoms in total. The fourth-order valence-corrected chi connectivity index (χ4v) is 2.79. The monoisotopic (exact) mass is 323 g/mol. The zero-order valence-corrected chi connectivity index (χ0v) is 11.8.